The molecule has 0 fully saturated rings. The van der Waals surface area contributed by atoms with E-state index in [0.29, 0.717) is 5.69 Å². The van der Waals surface area contributed by atoms with Crippen LogP contribution in [0, 0.1) is 0 Å². The summed E-state index contributed by atoms with van der Waals surface area (Å²) < 4.78 is 11.8. The van der Waals surface area contributed by atoms with Gasteiger partial charge < -0.3 is 19.9 Å². The number of nitrogens with zero attached hydrogens (tertiary/aromatic N) is 3. The molecule has 0 bridgehead atoms. The number of esters is 1. The van der Waals surface area contributed by atoms with Gasteiger partial charge in [-0.15, -0.1) is 0 Å². The van der Waals surface area contributed by atoms with Crippen LogP contribution in [0.3, 0.4) is 0 Å². The predicted molar refractivity (Wildman–Crippen MR) is 106 cm³/mol. The molecule has 0 spiro atoms. The topological polar surface area (TPSA) is 99.4 Å². The fourth-order valence-electron chi connectivity index (χ4n) is 2.78. The van der Waals surface area contributed by atoms with Crippen LogP contribution in [0.4, 0.5) is 16.4 Å². The van der Waals surface area contributed by atoms with Gasteiger partial charge in [0.25, 0.3) is 0 Å². The molecule has 2 aromatic carbocycles. The summed E-state index contributed by atoms with van der Waals surface area (Å²) in [4.78, 5) is 24.3. The molecule has 8 heteroatoms. The lowest BCUT2D eigenvalue weighted by atomic mass is 10.1. The van der Waals surface area contributed by atoms with Crippen LogP contribution in [0.15, 0.2) is 65.3 Å². The summed E-state index contributed by atoms with van der Waals surface area (Å²) in [6.45, 7) is 3.95. The van der Waals surface area contributed by atoms with Gasteiger partial charge in [-0.3, -0.25) is 4.79 Å². The molecule has 0 radical (unpaired) electrons. The highest BCUT2D eigenvalue weighted by molar-refractivity contribution is 6.07. The van der Waals surface area contributed by atoms with Crippen molar-refractivity contribution in [2.45, 2.75) is 26.3 Å². The second-order valence-electron chi connectivity index (χ2n) is 6.37. The number of nitrogens with one attached hydrogen (secondary N) is 1. The number of hydrogen-bond donors (Lipinski definition) is 1. The third-order valence-electron chi connectivity index (χ3n) is 4.17. The van der Waals surface area contributed by atoms with E-state index in [-0.39, 0.29) is 24.1 Å². The van der Waals surface area contributed by atoms with Gasteiger partial charge in [0.1, 0.15) is 0 Å². The fourth-order valence-corrected chi connectivity index (χ4v) is 2.78. The SMILES string of the molecule is CCOC(=O)c1ccccc1NC(=O)[N-]c1c[n+](C(C)Cc2ccccc2)no1. The first-order valence-corrected chi connectivity index (χ1v) is 9.27. The average molecular weight is 394 g/mol. The highest BCUT2D eigenvalue weighted by atomic mass is 16.5. The number of urea groups is 1. The molecule has 150 valence electrons. The Labute approximate surface area is 168 Å². The van der Waals surface area contributed by atoms with Crippen LogP contribution in [0.1, 0.15) is 35.8 Å². The molecular formula is C21H22N4O4. The molecule has 1 atom stereocenters. The number of aromatic nitrogens is 2. The summed E-state index contributed by atoms with van der Waals surface area (Å²) in [5, 5.41) is 10.4. The summed E-state index contributed by atoms with van der Waals surface area (Å²) in [5.74, 6) is -0.452. The standard InChI is InChI=1S/C21H22N4O4/c1-3-28-20(26)17-11-7-8-12-18(17)22-21(27)23-19-14-25(24-29-19)15(2)13-16-9-5-4-6-10-16/h4-12,14-15H,3,13H2,1-2H3,(H-,22,23,24,26,27). The van der Waals surface area contributed by atoms with Crippen LogP contribution in [0.5, 0.6) is 0 Å². The van der Waals surface area contributed by atoms with Gasteiger partial charge in [0.2, 0.25) is 12.1 Å². The molecule has 29 heavy (non-hydrogen) atoms. The van der Waals surface area contributed by atoms with E-state index in [0.717, 1.165) is 6.42 Å². The Kier molecular flexibility index (Phi) is 6.57. The summed E-state index contributed by atoms with van der Waals surface area (Å²) in [6.07, 6.45) is 2.32. The summed E-state index contributed by atoms with van der Waals surface area (Å²) in [7, 11) is 0. The van der Waals surface area contributed by atoms with E-state index in [1.165, 1.54) is 5.56 Å². The first-order chi connectivity index (χ1) is 14.1. The lowest BCUT2D eigenvalue weighted by Gasteiger charge is -2.16. The average Bonchev–Trinajstić information content (AvgIpc) is 3.18. The zero-order chi connectivity index (χ0) is 20.6. The van der Waals surface area contributed by atoms with Crippen LogP contribution in [0.2, 0.25) is 0 Å². The summed E-state index contributed by atoms with van der Waals surface area (Å²) in [6, 6.07) is 15.9. The van der Waals surface area contributed by atoms with E-state index in [2.05, 4.69) is 15.9 Å². The largest absolute Gasteiger partial charge is 0.462 e. The number of para-hydroxylation sites is 1. The van der Waals surface area contributed by atoms with Crippen molar-refractivity contribution in [3.8, 4) is 0 Å². The third-order valence-corrected chi connectivity index (χ3v) is 4.17. The Bertz CT molecular complexity index is 972. The number of carbonyl (C=O) groups is 2. The van der Waals surface area contributed by atoms with Crippen LogP contribution in [0.25, 0.3) is 5.32 Å². The number of anilines is 1. The number of carbonyl (C=O) groups excluding carboxylic acids is 2. The zero-order valence-corrected chi connectivity index (χ0v) is 16.2. The Morgan fingerprint density at radius 1 is 1.17 bits per heavy atom. The molecule has 0 aliphatic carbocycles. The van der Waals surface area contributed by atoms with E-state index < -0.39 is 12.0 Å². The van der Waals surface area contributed by atoms with Crippen molar-refractivity contribution < 1.29 is 23.5 Å². The minimum atomic E-state index is -0.680. The molecule has 0 aliphatic rings. The monoisotopic (exact) mass is 394 g/mol. The van der Waals surface area contributed by atoms with Gasteiger partial charge in [-0.25, -0.2) is 4.79 Å². The predicted octanol–water partition coefficient (Wildman–Crippen LogP) is 4.18. The fraction of sp³-hybridized carbons (Fsp3) is 0.238. The van der Waals surface area contributed by atoms with Crippen molar-refractivity contribution in [3.05, 3.63) is 77.2 Å². The number of benzene rings is 2. The highest BCUT2D eigenvalue weighted by Gasteiger charge is 2.19. The number of rotatable bonds is 7. The molecule has 3 rings (SSSR count). The molecule has 0 aliphatic heterocycles. The molecule has 0 saturated heterocycles. The van der Waals surface area contributed by atoms with E-state index in [1.54, 1.807) is 42.1 Å². The van der Waals surface area contributed by atoms with Gasteiger partial charge in [-0.2, -0.15) is 0 Å². The highest BCUT2D eigenvalue weighted by Crippen LogP contribution is 2.21. The van der Waals surface area contributed by atoms with Crippen LogP contribution >= 0.6 is 0 Å². The van der Waals surface area contributed by atoms with Gasteiger partial charge in [-0.1, -0.05) is 48.5 Å². The maximum Gasteiger partial charge on any atom is 0.338 e. The minimum absolute atomic E-state index is 0.0256. The van der Waals surface area contributed by atoms with Crippen LogP contribution in [-0.2, 0) is 11.2 Å². The van der Waals surface area contributed by atoms with E-state index in [1.807, 2.05) is 37.3 Å². The second-order valence-corrected chi connectivity index (χ2v) is 6.37. The van der Waals surface area contributed by atoms with Gasteiger partial charge in [0.05, 0.1) is 12.2 Å². The molecule has 3 aromatic rings. The lowest BCUT2D eigenvalue weighted by Crippen LogP contribution is -2.39. The molecule has 1 unspecified atom stereocenters. The van der Waals surface area contributed by atoms with Gasteiger partial charge in [0, 0.05) is 13.3 Å². The van der Waals surface area contributed by atoms with Crippen molar-refractivity contribution in [2.75, 3.05) is 11.9 Å². The number of amides is 2. The lowest BCUT2D eigenvalue weighted by molar-refractivity contribution is -0.782. The molecule has 1 aromatic heterocycles. The molecule has 1 heterocycles. The Morgan fingerprint density at radius 2 is 1.90 bits per heavy atom. The second kappa shape index (κ2) is 9.50. The molecule has 1 N–H and O–H groups in total. The van der Waals surface area contributed by atoms with Crippen molar-refractivity contribution >= 4 is 23.6 Å². The van der Waals surface area contributed by atoms with E-state index in [4.69, 9.17) is 9.26 Å². The third kappa shape index (κ3) is 5.41. The van der Waals surface area contributed by atoms with Gasteiger partial charge in [-0.05, 0) is 28.9 Å². The molecule has 0 saturated carbocycles. The van der Waals surface area contributed by atoms with Crippen LogP contribution in [-0.4, -0.2) is 23.9 Å². The quantitative estimate of drug-likeness (QED) is 0.479. The maximum atomic E-state index is 12.3. The molecule has 2 amide bonds. The van der Waals surface area contributed by atoms with Crippen molar-refractivity contribution in [1.82, 2.24) is 5.27 Å². The Balaban J connectivity index is 1.62. The summed E-state index contributed by atoms with van der Waals surface area (Å²) in [5.41, 5.74) is 1.73. The van der Waals surface area contributed by atoms with Crippen molar-refractivity contribution in [3.63, 3.8) is 0 Å². The minimum Gasteiger partial charge on any atom is -0.462 e. The number of hydrogen-bond acceptors (Lipinski definition) is 5. The number of ether oxygens (including phenoxy) is 1. The summed E-state index contributed by atoms with van der Waals surface area (Å²) >= 11 is 0. The molecule has 8 nitrogen and oxygen atoms in total. The molecular weight excluding hydrogens is 372 g/mol. The normalized spacial score (nSPS) is 11.5. The first kappa shape index (κ1) is 20.1. The smallest absolute Gasteiger partial charge is 0.338 e. The van der Waals surface area contributed by atoms with Crippen LogP contribution < -0.4 is 10.00 Å². The van der Waals surface area contributed by atoms with Gasteiger partial charge in [0.15, 0.2) is 17.3 Å². The van der Waals surface area contributed by atoms with Crippen molar-refractivity contribution in [1.29, 1.82) is 0 Å². The Morgan fingerprint density at radius 3 is 2.66 bits per heavy atom. The van der Waals surface area contributed by atoms with Gasteiger partial charge >= 0.3 is 5.97 Å². The maximum absolute atomic E-state index is 12.3. The Hall–Kier alpha value is -3.68. The van der Waals surface area contributed by atoms with E-state index >= 15 is 0 Å². The van der Waals surface area contributed by atoms with E-state index in [9.17, 15) is 9.59 Å². The first-order valence-electron chi connectivity index (χ1n) is 9.27. The zero-order valence-electron chi connectivity index (χ0n) is 16.2. The van der Waals surface area contributed by atoms with Crippen molar-refractivity contribution in [2.24, 2.45) is 0 Å².